The van der Waals surface area contributed by atoms with E-state index in [0.29, 0.717) is 5.91 Å². The van der Waals surface area contributed by atoms with Gasteiger partial charge in [-0.3, -0.25) is 4.79 Å². The van der Waals surface area contributed by atoms with E-state index in [2.05, 4.69) is 18.7 Å². The summed E-state index contributed by atoms with van der Waals surface area (Å²) in [4.78, 5) is 19.2. The Labute approximate surface area is 423 Å². The van der Waals surface area contributed by atoms with Crippen LogP contribution in [0.25, 0.3) is 345 Å². The molecule has 0 heterocycles. The summed E-state index contributed by atoms with van der Waals surface area (Å²) in [6, 6.07) is 0. The minimum Gasteiger partial charge on any atom is -0.343 e. The first-order valence-corrected chi connectivity index (χ1v) is 29.6. The fourth-order valence-corrected chi connectivity index (χ4v) is 29.3. The predicted molar refractivity (Wildman–Crippen MR) is 329 cm³/mol. The zero-order valence-corrected chi connectivity index (χ0v) is 40.3. The van der Waals surface area contributed by atoms with Crippen molar-refractivity contribution in [3.8, 4) is 0 Å². The van der Waals surface area contributed by atoms with E-state index in [-0.39, 0.29) is 5.92 Å². The summed E-state index contributed by atoms with van der Waals surface area (Å²) >= 11 is 0. The average Bonchev–Trinajstić information content (AvgIpc) is 1.58. The molecular weight excluding hydrogens is 943 g/mol. The Morgan fingerprint density at radius 1 is 0.218 bits per heavy atom. The van der Waals surface area contributed by atoms with Crippen molar-refractivity contribution in [2.75, 3.05) is 13.1 Å². The Kier molecular flexibility index (Phi) is 2.33. The van der Waals surface area contributed by atoms with Gasteiger partial charge in [0.25, 0.3) is 0 Å². The number of amides is 1. The van der Waals surface area contributed by atoms with E-state index in [1.54, 1.807) is 367 Å². The summed E-state index contributed by atoms with van der Waals surface area (Å²) in [6.07, 6.45) is 0. The predicted octanol–water partition coefficient (Wildman–Crippen LogP) is 19.7. The third-order valence-electron chi connectivity index (χ3n) is 29.3. The molecule has 2 nitrogen and oxygen atoms in total. The van der Waals surface area contributed by atoms with Crippen LogP contribution < -0.4 is 0 Å². The molecule has 326 valence electrons. The third kappa shape index (κ3) is 1.45. The molecule has 1 unspecified atom stereocenters. The van der Waals surface area contributed by atoms with Crippen LogP contribution in [0.3, 0.4) is 0 Å². The van der Waals surface area contributed by atoms with Crippen LogP contribution in [0.1, 0.15) is 36.1 Å². The molecule has 1 amide bonds. The van der Waals surface area contributed by atoms with E-state index in [1.165, 1.54) is 0 Å². The van der Waals surface area contributed by atoms with Crippen molar-refractivity contribution in [3.63, 3.8) is 0 Å². The molecule has 38 rings (SSSR count). The summed E-state index contributed by atoms with van der Waals surface area (Å²) in [5.74, 6) is 0.238. The fraction of sp³-hybridized carbons (Fsp3) is 0.0921. The van der Waals surface area contributed by atoms with Crippen molar-refractivity contribution >= 4 is 351 Å². The van der Waals surface area contributed by atoms with E-state index < -0.39 is 10.8 Å². The standard InChI is InChI=1S/C76H11NO/c1-3-77(4-2)74(78)73-75-69-61-53-43-33-26-17-11-5-6-8-10-9-7(5)13-20-15(9)24-25-16(10)21-14(8)23-19(12(6)17)28-34(26)44(43)54-48-38(28)30(23)40-32(21)42-36(25)46-45-35(24)41-31(20)39-29-22(13)18(11)27(33)37(29)47(53)57-51(39)59-49(41)55(45)63-64-56(46)50(42)60-52(40)58(48)66(70(75)62(54)61)68(60)72(64)76(73,75)71(63)67(59)65(57)69/h73H,3-4H2,1-2H3. The highest BCUT2D eigenvalue weighted by Gasteiger charge is 2.89. The second kappa shape index (κ2) is 6.34. The van der Waals surface area contributed by atoms with Crippen molar-refractivity contribution in [1.82, 2.24) is 4.90 Å². The van der Waals surface area contributed by atoms with Gasteiger partial charge in [-0.1, -0.05) is 0 Å². The number of nitrogens with zero attached hydrogens (tertiary/aromatic N) is 1. The lowest BCUT2D eigenvalue weighted by molar-refractivity contribution is -0.132. The molecule has 2 heteroatoms. The van der Waals surface area contributed by atoms with Gasteiger partial charge in [-0.2, -0.15) is 0 Å². The Bertz CT molecular complexity index is 8360. The largest absolute Gasteiger partial charge is 0.343 e. The molecule has 0 N–H and O–H groups in total. The topological polar surface area (TPSA) is 20.3 Å². The van der Waals surface area contributed by atoms with Crippen LogP contribution in [0, 0.1) is 5.92 Å². The maximum absolute atomic E-state index is 17.0. The van der Waals surface area contributed by atoms with Crippen LogP contribution in [0.4, 0.5) is 0 Å². The molecule has 33 aromatic carbocycles. The van der Waals surface area contributed by atoms with E-state index in [1.807, 2.05) is 0 Å². The maximum atomic E-state index is 17.0. The van der Waals surface area contributed by atoms with Gasteiger partial charge in [0, 0.05) is 13.1 Å². The minimum absolute atomic E-state index is 0.183. The van der Waals surface area contributed by atoms with Gasteiger partial charge in [-0.25, -0.2) is 0 Å². The van der Waals surface area contributed by atoms with Crippen molar-refractivity contribution in [2.45, 2.75) is 24.7 Å². The first-order chi connectivity index (χ1) is 38.8. The smallest absolute Gasteiger partial charge is 0.228 e. The molecule has 0 bridgehead atoms. The molecule has 0 radical (unpaired) electrons. The molecule has 1 atom stereocenters. The van der Waals surface area contributed by atoms with Crippen LogP contribution in [0.2, 0.25) is 0 Å². The SMILES string of the molecule is CCN(CC)C(=O)C1C23c4c5c6c7c8c9c(c%10c%11c2c2c4c4c%12c5c5c6c6c8c8c%13c9c9c%10c%10c%11c%11c2c2c4c4c%14c%12c%12c5c5c6c8c6c8c%13c9c9c%10c%10c%11c%11c2c4c2c4c%14c%12c%12c5c6c5c6c8c9c8c%10c%11c2c(c86)c4c%125)C713. The Balaban J connectivity index is 1.14. The van der Waals surface area contributed by atoms with Gasteiger partial charge in [-0.15, -0.1) is 0 Å². The normalized spacial score (nSPS) is 22.9. The first-order valence-electron chi connectivity index (χ1n) is 29.6. The Hall–Kier alpha value is -9.37. The highest BCUT2D eigenvalue weighted by atomic mass is 16.2. The molecule has 1 saturated carbocycles. The van der Waals surface area contributed by atoms with Gasteiger partial charge in [0.1, 0.15) is 0 Å². The van der Waals surface area contributed by atoms with E-state index in [0.717, 1.165) is 13.1 Å². The van der Waals surface area contributed by atoms with Crippen LogP contribution in [-0.4, -0.2) is 23.9 Å². The molecule has 0 aliphatic heterocycles. The number of hydrogen-bond donors (Lipinski definition) is 0. The van der Waals surface area contributed by atoms with Crippen molar-refractivity contribution < 1.29 is 4.79 Å². The summed E-state index contributed by atoms with van der Waals surface area (Å²) in [6.45, 7) is 6.03. The van der Waals surface area contributed by atoms with Gasteiger partial charge in [0.05, 0.1) is 16.7 Å². The highest BCUT2D eigenvalue weighted by Crippen LogP contribution is 2.92. The molecule has 78 heavy (non-hydrogen) atoms. The highest BCUT2D eigenvalue weighted by molar-refractivity contribution is 6.84. The monoisotopic (exact) mass is 953 g/mol. The van der Waals surface area contributed by atoms with Crippen LogP contribution >= 0.6 is 0 Å². The summed E-state index contributed by atoms with van der Waals surface area (Å²) in [5, 5.41) is 104. The van der Waals surface area contributed by atoms with Gasteiger partial charge >= 0.3 is 0 Å². The van der Waals surface area contributed by atoms with Crippen molar-refractivity contribution in [1.29, 1.82) is 0 Å². The van der Waals surface area contributed by atoms with E-state index >= 15 is 4.79 Å². The molecule has 0 saturated heterocycles. The quantitative estimate of drug-likeness (QED) is 0.128. The third-order valence-corrected chi connectivity index (χ3v) is 29.3. The zero-order valence-electron chi connectivity index (χ0n) is 40.3. The second-order valence-corrected chi connectivity index (χ2v) is 29.1. The number of hydrogen-bond acceptors (Lipinski definition) is 1. The zero-order chi connectivity index (χ0) is 46.4. The number of carbonyl (C=O) groups excluding carboxylic acids is 1. The molecule has 0 aromatic heterocycles. The lowest BCUT2D eigenvalue weighted by Gasteiger charge is -2.32. The average molecular weight is 954 g/mol. The van der Waals surface area contributed by atoms with Gasteiger partial charge < -0.3 is 4.90 Å². The van der Waals surface area contributed by atoms with Crippen molar-refractivity contribution in [2.24, 2.45) is 5.92 Å². The van der Waals surface area contributed by atoms with Crippen LogP contribution in [0.15, 0.2) is 0 Å². The number of carbonyl (C=O) groups is 1. The Morgan fingerprint density at radius 3 is 0.423 bits per heavy atom. The van der Waals surface area contributed by atoms with Crippen LogP contribution in [-0.2, 0) is 15.6 Å². The van der Waals surface area contributed by atoms with Gasteiger partial charge in [0.15, 0.2) is 0 Å². The number of benzene rings is 23. The Morgan fingerprint density at radius 2 is 0.321 bits per heavy atom. The maximum Gasteiger partial charge on any atom is 0.228 e. The summed E-state index contributed by atoms with van der Waals surface area (Å²) < 4.78 is 0. The van der Waals surface area contributed by atoms with Gasteiger partial charge in [0.2, 0.25) is 5.91 Å². The second-order valence-electron chi connectivity index (χ2n) is 29.1. The minimum atomic E-state index is -0.470. The van der Waals surface area contributed by atoms with Crippen LogP contribution in [0.5, 0.6) is 0 Å². The summed E-state index contributed by atoms with van der Waals surface area (Å²) in [5.41, 5.74) is 5.56. The molecule has 5 aliphatic rings. The number of rotatable bonds is 3. The lowest BCUT2D eigenvalue weighted by Crippen LogP contribution is -2.34. The lowest BCUT2D eigenvalue weighted by atomic mass is 9.68. The van der Waals surface area contributed by atoms with Crippen molar-refractivity contribution in [3.05, 3.63) is 22.3 Å². The van der Waals surface area contributed by atoms with E-state index in [9.17, 15) is 0 Å². The molecular formula is C76H11NO. The van der Waals surface area contributed by atoms with E-state index in [4.69, 9.17) is 0 Å². The first kappa shape index (κ1) is 28.7. The molecule has 33 aromatic rings. The van der Waals surface area contributed by atoms with Gasteiger partial charge in [-0.05, 0) is 381 Å². The molecule has 5 aliphatic carbocycles. The molecule has 1 fully saturated rings. The summed E-state index contributed by atoms with van der Waals surface area (Å²) in [7, 11) is 0. The fourth-order valence-electron chi connectivity index (χ4n) is 29.3. The molecule has 2 spiro atoms.